The van der Waals surface area contributed by atoms with Crippen LogP contribution in [-0.2, 0) is 4.79 Å². The highest BCUT2D eigenvalue weighted by Crippen LogP contribution is 2.29. The lowest BCUT2D eigenvalue weighted by Crippen LogP contribution is -2.38. The summed E-state index contributed by atoms with van der Waals surface area (Å²) in [6.45, 7) is 4.89. The van der Waals surface area contributed by atoms with Crippen molar-refractivity contribution < 1.29 is 4.79 Å². The number of unbranched alkanes of at least 4 members (excludes halogenated alkanes) is 1. The molecule has 0 saturated heterocycles. The van der Waals surface area contributed by atoms with E-state index in [4.69, 9.17) is 18.0 Å². The number of hydrogen-bond donors (Lipinski definition) is 1. The summed E-state index contributed by atoms with van der Waals surface area (Å²) in [5.74, 6) is 0.430. The zero-order chi connectivity index (χ0) is 12.8. The lowest BCUT2D eigenvalue weighted by molar-refractivity contribution is -0.135. The fraction of sp³-hybridized carbons (Fsp3) is 0.846. The summed E-state index contributed by atoms with van der Waals surface area (Å²) in [4.78, 5) is 14.8. The van der Waals surface area contributed by atoms with Gasteiger partial charge in [0.2, 0.25) is 5.91 Å². The Hall–Kier alpha value is -0.640. The van der Waals surface area contributed by atoms with Crippen LogP contribution >= 0.6 is 12.2 Å². The molecule has 0 aliphatic heterocycles. The third-order valence-corrected chi connectivity index (χ3v) is 3.49. The van der Waals surface area contributed by atoms with Crippen molar-refractivity contribution in [3.05, 3.63) is 0 Å². The van der Waals surface area contributed by atoms with E-state index in [1.165, 1.54) is 0 Å². The van der Waals surface area contributed by atoms with Crippen LogP contribution in [0.5, 0.6) is 0 Å². The summed E-state index contributed by atoms with van der Waals surface area (Å²) in [7, 11) is 0. The Morgan fingerprint density at radius 2 is 2.18 bits per heavy atom. The number of amides is 1. The van der Waals surface area contributed by atoms with Crippen LogP contribution in [0, 0.1) is 5.92 Å². The molecule has 0 spiro atoms. The van der Waals surface area contributed by atoms with Crippen molar-refractivity contribution in [2.24, 2.45) is 11.7 Å². The highest BCUT2D eigenvalue weighted by atomic mass is 32.1. The predicted octanol–water partition coefficient (Wildman–Crippen LogP) is 2.48. The van der Waals surface area contributed by atoms with Crippen LogP contribution in [0.3, 0.4) is 0 Å². The van der Waals surface area contributed by atoms with Crippen molar-refractivity contribution in [2.75, 3.05) is 6.54 Å². The fourth-order valence-corrected chi connectivity index (χ4v) is 2.10. The molecule has 1 rings (SSSR count). The Labute approximate surface area is 110 Å². The van der Waals surface area contributed by atoms with Crippen LogP contribution in [0.15, 0.2) is 0 Å². The standard InChI is InChI=1S/C13H24N2OS/c1-3-4-5-10(2)13(16)15(11-6-7-11)9-8-12(14)17/h10-11H,3-9H2,1-2H3,(H2,14,17). The molecule has 1 fully saturated rings. The van der Waals surface area contributed by atoms with E-state index in [0.29, 0.717) is 24.0 Å². The second-order valence-electron chi connectivity index (χ2n) is 5.02. The minimum absolute atomic E-state index is 0.141. The number of rotatable bonds is 8. The van der Waals surface area contributed by atoms with Gasteiger partial charge < -0.3 is 10.6 Å². The number of nitrogens with two attached hydrogens (primary N) is 1. The summed E-state index contributed by atoms with van der Waals surface area (Å²) in [5.41, 5.74) is 5.51. The van der Waals surface area contributed by atoms with E-state index in [1.807, 2.05) is 11.8 Å². The van der Waals surface area contributed by atoms with E-state index in [0.717, 1.165) is 32.1 Å². The fourth-order valence-electron chi connectivity index (χ4n) is 2.01. The molecule has 0 radical (unpaired) electrons. The summed E-state index contributed by atoms with van der Waals surface area (Å²) in [6, 6.07) is 0.459. The highest BCUT2D eigenvalue weighted by Gasteiger charge is 2.33. The van der Waals surface area contributed by atoms with Crippen molar-refractivity contribution in [3.8, 4) is 0 Å². The molecular formula is C13H24N2OS. The van der Waals surface area contributed by atoms with E-state index in [9.17, 15) is 4.79 Å². The van der Waals surface area contributed by atoms with Gasteiger partial charge in [-0.05, 0) is 19.3 Å². The Morgan fingerprint density at radius 1 is 1.53 bits per heavy atom. The first kappa shape index (κ1) is 14.4. The second-order valence-corrected chi connectivity index (χ2v) is 5.55. The van der Waals surface area contributed by atoms with Crippen LogP contribution in [-0.4, -0.2) is 28.4 Å². The van der Waals surface area contributed by atoms with Gasteiger partial charge in [-0.1, -0.05) is 38.9 Å². The molecule has 1 amide bonds. The van der Waals surface area contributed by atoms with Gasteiger partial charge in [-0.2, -0.15) is 0 Å². The van der Waals surface area contributed by atoms with Crippen molar-refractivity contribution in [1.82, 2.24) is 4.90 Å². The third-order valence-electron chi connectivity index (χ3n) is 3.28. The normalized spacial score (nSPS) is 16.6. The predicted molar refractivity (Wildman–Crippen MR) is 74.8 cm³/mol. The molecule has 0 aromatic carbocycles. The molecule has 17 heavy (non-hydrogen) atoms. The molecule has 1 saturated carbocycles. The maximum Gasteiger partial charge on any atom is 0.225 e. The van der Waals surface area contributed by atoms with Crippen molar-refractivity contribution in [2.45, 2.75) is 58.4 Å². The Morgan fingerprint density at radius 3 is 2.65 bits per heavy atom. The first-order valence-electron chi connectivity index (χ1n) is 6.65. The Balaban J connectivity index is 2.45. The summed E-state index contributed by atoms with van der Waals surface area (Å²) in [6.07, 6.45) is 6.20. The monoisotopic (exact) mass is 256 g/mol. The molecule has 4 heteroatoms. The maximum absolute atomic E-state index is 12.3. The van der Waals surface area contributed by atoms with Crippen LogP contribution in [0.25, 0.3) is 0 Å². The summed E-state index contributed by atoms with van der Waals surface area (Å²) < 4.78 is 0. The van der Waals surface area contributed by atoms with Crippen LogP contribution in [0.4, 0.5) is 0 Å². The second kappa shape index (κ2) is 6.94. The van der Waals surface area contributed by atoms with Crippen molar-refractivity contribution in [1.29, 1.82) is 0 Å². The van der Waals surface area contributed by atoms with Gasteiger partial charge in [0.1, 0.15) is 0 Å². The van der Waals surface area contributed by atoms with Gasteiger partial charge in [0, 0.05) is 24.9 Å². The van der Waals surface area contributed by atoms with Gasteiger partial charge in [0.15, 0.2) is 0 Å². The molecule has 0 bridgehead atoms. The number of carbonyl (C=O) groups excluding carboxylic acids is 1. The first-order chi connectivity index (χ1) is 8.06. The van der Waals surface area contributed by atoms with Crippen molar-refractivity contribution in [3.63, 3.8) is 0 Å². The topological polar surface area (TPSA) is 46.3 Å². The van der Waals surface area contributed by atoms with Gasteiger partial charge in [-0.15, -0.1) is 0 Å². The molecule has 1 unspecified atom stereocenters. The smallest absolute Gasteiger partial charge is 0.225 e. The van der Waals surface area contributed by atoms with Crippen LogP contribution in [0.2, 0.25) is 0 Å². The summed E-state index contributed by atoms with van der Waals surface area (Å²) >= 11 is 4.88. The largest absolute Gasteiger partial charge is 0.393 e. The molecule has 3 nitrogen and oxygen atoms in total. The molecular weight excluding hydrogens is 232 g/mol. The number of thiocarbonyl (C=S) groups is 1. The summed E-state index contributed by atoms with van der Waals surface area (Å²) in [5, 5.41) is 0. The van der Waals surface area contributed by atoms with Crippen LogP contribution in [0.1, 0.15) is 52.4 Å². The Kier molecular flexibility index (Phi) is 5.89. The number of hydrogen-bond acceptors (Lipinski definition) is 2. The number of carbonyl (C=O) groups is 1. The highest BCUT2D eigenvalue weighted by molar-refractivity contribution is 7.80. The molecule has 1 aliphatic carbocycles. The first-order valence-corrected chi connectivity index (χ1v) is 7.05. The molecule has 1 atom stereocenters. The minimum atomic E-state index is 0.141. The van der Waals surface area contributed by atoms with E-state index in [2.05, 4.69) is 6.92 Å². The molecule has 98 valence electrons. The van der Waals surface area contributed by atoms with Gasteiger partial charge in [-0.25, -0.2) is 0 Å². The van der Waals surface area contributed by atoms with E-state index < -0.39 is 0 Å². The SMILES string of the molecule is CCCCC(C)C(=O)N(CCC(N)=S)C1CC1. The average molecular weight is 256 g/mol. The minimum Gasteiger partial charge on any atom is -0.393 e. The van der Waals surface area contributed by atoms with E-state index >= 15 is 0 Å². The third kappa shape index (κ3) is 5.02. The van der Waals surface area contributed by atoms with Crippen LogP contribution < -0.4 is 5.73 Å². The zero-order valence-electron chi connectivity index (χ0n) is 10.9. The van der Waals surface area contributed by atoms with Gasteiger partial charge in [-0.3, -0.25) is 4.79 Å². The lowest BCUT2D eigenvalue weighted by atomic mass is 10.0. The number of nitrogens with zero attached hydrogens (tertiary/aromatic N) is 1. The molecule has 2 N–H and O–H groups in total. The van der Waals surface area contributed by atoms with Gasteiger partial charge in [0.25, 0.3) is 0 Å². The molecule has 0 aromatic heterocycles. The van der Waals surface area contributed by atoms with Gasteiger partial charge in [0.05, 0.1) is 4.99 Å². The van der Waals surface area contributed by atoms with E-state index in [-0.39, 0.29) is 11.8 Å². The van der Waals surface area contributed by atoms with E-state index in [1.54, 1.807) is 0 Å². The quantitative estimate of drug-likeness (QED) is 0.679. The maximum atomic E-state index is 12.3. The lowest BCUT2D eigenvalue weighted by Gasteiger charge is -2.25. The average Bonchev–Trinajstić information content (AvgIpc) is 3.09. The molecule has 0 aromatic rings. The van der Waals surface area contributed by atoms with Crippen molar-refractivity contribution >= 4 is 23.1 Å². The Bertz CT molecular complexity index is 277. The van der Waals surface area contributed by atoms with Gasteiger partial charge >= 0.3 is 0 Å². The zero-order valence-corrected chi connectivity index (χ0v) is 11.8. The molecule has 0 heterocycles. The molecule has 1 aliphatic rings.